The van der Waals surface area contributed by atoms with Crippen LogP contribution >= 0.6 is 0 Å². The van der Waals surface area contributed by atoms with Crippen LogP contribution in [-0.2, 0) is 11.3 Å². The van der Waals surface area contributed by atoms with Crippen molar-refractivity contribution in [2.75, 3.05) is 0 Å². The smallest absolute Gasteiger partial charge is 0.295 e. The summed E-state index contributed by atoms with van der Waals surface area (Å²) in [4.78, 5) is 25.8. The molecular formula is C23H22FN5O2. The molecule has 1 atom stereocenters. The number of hydrogen-bond acceptors (Lipinski definition) is 4. The second-order valence-electron chi connectivity index (χ2n) is 7.42. The van der Waals surface area contributed by atoms with Crippen LogP contribution in [0.15, 0.2) is 59.4 Å². The first-order valence-electron chi connectivity index (χ1n) is 9.93. The van der Waals surface area contributed by atoms with Gasteiger partial charge in [0.25, 0.3) is 5.56 Å². The van der Waals surface area contributed by atoms with Crippen LogP contribution in [0.4, 0.5) is 4.39 Å². The van der Waals surface area contributed by atoms with Gasteiger partial charge in [-0.15, -0.1) is 0 Å². The van der Waals surface area contributed by atoms with E-state index in [2.05, 4.69) is 15.5 Å². The molecule has 1 amide bonds. The minimum atomic E-state index is -0.855. The molecule has 1 unspecified atom stereocenters. The van der Waals surface area contributed by atoms with Crippen LogP contribution in [0.25, 0.3) is 16.6 Å². The summed E-state index contributed by atoms with van der Waals surface area (Å²) in [5.41, 5.74) is 2.70. The molecule has 0 bridgehead atoms. The Kier molecular flexibility index (Phi) is 5.37. The quantitative estimate of drug-likeness (QED) is 0.539. The number of aryl methyl sites for hydroxylation is 2. The van der Waals surface area contributed by atoms with Gasteiger partial charge in [0.15, 0.2) is 5.52 Å². The second-order valence-corrected chi connectivity index (χ2v) is 7.42. The molecule has 0 fully saturated rings. The van der Waals surface area contributed by atoms with Crippen molar-refractivity contribution >= 4 is 16.8 Å². The molecule has 8 heteroatoms. The maximum Gasteiger partial charge on any atom is 0.295 e. The molecule has 4 aromatic rings. The first kappa shape index (κ1) is 20.5. The van der Waals surface area contributed by atoms with Crippen LogP contribution in [0.2, 0.25) is 0 Å². The summed E-state index contributed by atoms with van der Waals surface area (Å²) in [5, 5.41) is 12.3. The standard InChI is InChI=1S/C23H22FN5O2/c1-14-20-15(2)28(19-10-5-4-6-11-19)27-21(20)23(31)29(26-14)16(3)22(30)25-13-17-8-7-9-18(24)12-17/h4-12,16H,13H2,1-3H3,(H,25,30). The number of carbonyl (C=O) groups is 1. The third-order valence-corrected chi connectivity index (χ3v) is 5.25. The molecule has 2 aromatic heterocycles. The fourth-order valence-electron chi connectivity index (χ4n) is 3.63. The number of benzene rings is 2. The van der Waals surface area contributed by atoms with Gasteiger partial charge in [-0.3, -0.25) is 9.59 Å². The van der Waals surface area contributed by atoms with Gasteiger partial charge in [0.05, 0.1) is 22.5 Å². The number of aromatic nitrogens is 4. The predicted molar refractivity (Wildman–Crippen MR) is 116 cm³/mol. The Labute approximate surface area is 178 Å². The van der Waals surface area contributed by atoms with E-state index in [9.17, 15) is 14.0 Å². The zero-order valence-corrected chi connectivity index (χ0v) is 17.5. The van der Waals surface area contributed by atoms with Gasteiger partial charge in [0.1, 0.15) is 11.9 Å². The Morgan fingerprint density at radius 1 is 1.10 bits per heavy atom. The normalized spacial score (nSPS) is 12.1. The number of fused-ring (bicyclic) bond motifs is 1. The van der Waals surface area contributed by atoms with E-state index in [0.29, 0.717) is 16.6 Å². The largest absolute Gasteiger partial charge is 0.350 e. The predicted octanol–water partition coefficient (Wildman–Crippen LogP) is 3.22. The van der Waals surface area contributed by atoms with E-state index in [0.717, 1.165) is 16.1 Å². The average molecular weight is 419 g/mol. The highest BCUT2D eigenvalue weighted by Crippen LogP contribution is 2.21. The number of nitrogens with one attached hydrogen (secondary N) is 1. The minimum absolute atomic E-state index is 0.151. The number of halogens is 1. The van der Waals surface area contributed by atoms with E-state index in [4.69, 9.17) is 0 Å². The molecule has 4 rings (SSSR count). The van der Waals surface area contributed by atoms with Gasteiger partial charge < -0.3 is 5.32 Å². The molecule has 0 saturated heterocycles. The second kappa shape index (κ2) is 8.14. The zero-order chi connectivity index (χ0) is 22.1. The fourth-order valence-corrected chi connectivity index (χ4v) is 3.63. The van der Waals surface area contributed by atoms with E-state index in [1.54, 1.807) is 30.7 Å². The van der Waals surface area contributed by atoms with Crippen LogP contribution in [0.1, 0.15) is 29.9 Å². The number of amides is 1. The van der Waals surface area contributed by atoms with Crippen LogP contribution in [-0.4, -0.2) is 25.5 Å². The summed E-state index contributed by atoms with van der Waals surface area (Å²) >= 11 is 0. The number of hydrogen-bond donors (Lipinski definition) is 1. The summed E-state index contributed by atoms with van der Waals surface area (Å²) in [6, 6.07) is 14.6. The molecule has 7 nitrogen and oxygen atoms in total. The molecule has 158 valence electrons. The molecule has 31 heavy (non-hydrogen) atoms. The van der Waals surface area contributed by atoms with Gasteiger partial charge in [-0.25, -0.2) is 13.8 Å². The molecule has 0 radical (unpaired) electrons. The van der Waals surface area contributed by atoms with Crippen molar-refractivity contribution in [1.29, 1.82) is 0 Å². The summed E-state index contributed by atoms with van der Waals surface area (Å²) in [6.45, 7) is 5.43. The van der Waals surface area contributed by atoms with E-state index in [-0.39, 0.29) is 17.9 Å². The maximum atomic E-state index is 13.3. The fraction of sp³-hybridized carbons (Fsp3) is 0.217. The van der Waals surface area contributed by atoms with Gasteiger partial charge in [-0.1, -0.05) is 30.3 Å². The minimum Gasteiger partial charge on any atom is -0.350 e. The van der Waals surface area contributed by atoms with Gasteiger partial charge in [0.2, 0.25) is 5.91 Å². The van der Waals surface area contributed by atoms with Crippen molar-refractivity contribution in [2.45, 2.75) is 33.4 Å². The van der Waals surface area contributed by atoms with E-state index >= 15 is 0 Å². The highest BCUT2D eigenvalue weighted by atomic mass is 19.1. The lowest BCUT2D eigenvalue weighted by atomic mass is 10.2. The lowest BCUT2D eigenvalue weighted by molar-refractivity contribution is -0.124. The maximum absolute atomic E-state index is 13.3. The highest BCUT2D eigenvalue weighted by molar-refractivity contribution is 5.84. The monoisotopic (exact) mass is 419 g/mol. The first-order valence-corrected chi connectivity index (χ1v) is 9.93. The molecular weight excluding hydrogens is 397 g/mol. The Hall–Kier alpha value is -3.81. The molecule has 0 aliphatic rings. The summed E-state index contributed by atoms with van der Waals surface area (Å²) in [7, 11) is 0. The molecule has 0 saturated carbocycles. The van der Waals surface area contributed by atoms with Crippen LogP contribution < -0.4 is 10.9 Å². The Balaban J connectivity index is 1.67. The van der Waals surface area contributed by atoms with Crippen LogP contribution in [0.3, 0.4) is 0 Å². The number of nitrogens with zero attached hydrogens (tertiary/aromatic N) is 4. The van der Waals surface area contributed by atoms with Gasteiger partial charge in [-0.05, 0) is 50.6 Å². The van der Waals surface area contributed by atoms with Crippen molar-refractivity contribution in [3.05, 3.63) is 87.7 Å². The van der Waals surface area contributed by atoms with E-state index in [1.807, 2.05) is 37.3 Å². The van der Waals surface area contributed by atoms with Crippen molar-refractivity contribution < 1.29 is 9.18 Å². The first-order chi connectivity index (χ1) is 14.9. The third-order valence-electron chi connectivity index (χ3n) is 5.25. The van der Waals surface area contributed by atoms with Crippen molar-refractivity contribution in [2.24, 2.45) is 0 Å². The average Bonchev–Trinajstić information content (AvgIpc) is 3.13. The Morgan fingerprint density at radius 3 is 2.55 bits per heavy atom. The molecule has 0 aliphatic heterocycles. The van der Waals surface area contributed by atoms with Crippen molar-refractivity contribution in [1.82, 2.24) is 24.9 Å². The van der Waals surface area contributed by atoms with Crippen LogP contribution in [0, 0.1) is 19.7 Å². The summed E-state index contributed by atoms with van der Waals surface area (Å²) in [5.74, 6) is -0.764. The van der Waals surface area contributed by atoms with Gasteiger partial charge >= 0.3 is 0 Å². The Bertz CT molecular complexity index is 1330. The lowest BCUT2D eigenvalue weighted by Gasteiger charge is -2.15. The summed E-state index contributed by atoms with van der Waals surface area (Å²) in [6.07, 6.45) is 0. The zero-order valence-electron chi connectivity index (χ0n) is 17.5. The van der Waals surface area contributed by atoms with E-state index in [1.165, 1.54) is 12.1 Å². The molecule has 0 spiro atoms. The topological polar surface area (TPSA) is 81.8 Å². The SMILES string of the molecule is Cc1nn(C(C)C(=O)NCc2cccc(F)c2)c(=O)c2nn(-c3ccccc3)c(C)c12. The van der Waals surface area contributed by atoms with Gasteiger partial charge in [-0.2, -0.15) is 10.2 Å². The van der Waals surface area contributed by atoms with Crippen molar-refractivity contribution in [3.8, 4) is 5.69 Å². The summed E-state index contributed by atoms with van der Waals surface area (Å²) < 4.78 is 16.2. The number of carbonyl (C=O) groups excluding carboxylic acids is 1. The third kappa shape index (κ3) is 3.84. The van der Waals surface area contributed by atoms with Crippen molar-refractivity contribution in [3.63, 3.8) is 0 Å². The number of para-hydroxylation sites is 1. The molecule has 2 aromatic carbocycles. The number of rotatable bonds is 5. The molecule has 1 N–H and O–H groups in total. The highest BCUT2D eigenvalue weighted by Gasteiger charge is 2.23. The lowest BCUT2D eigenvalue weighted by Crippen LogP contribution is -2.37. The molecule has 2 heterocycles. The molecule has 0 aliphatic carbocycles. The van der Waals surface area contributed by atoms with Gasteiger partial charge in [0, 0.05) is 6.54 Å². The Morgan fingerprint density at radius 2 is 1.84 bits per heavy atom. The van der Waals surface area contributed by atoms with E-state index < -0.39 is 17.5 Å². The van der Waals surface area contributed by atoms with Crippen LogP contribution in [0.5, 0.6) is 0 Å².